The molecule has 1 heterocycles. The number of benzene rings is 1. The van der Waals surface area contributed by atoms with Crippen molar-refractivity contribution in [3.63, 3.8) is 0 Å². The highest BCUT2D eigenvalue weighted by Gasteiger charge is 2.26. The van der Waals surface area contributed by atoms with Crippen molar-refractivity contribution in [1.29, 1.82) is 0 Å². The topological polar surface area (TPSA) is 69.3 Å². The van der Waals surface area contributed by atoms with Crippen LogP contribution in [-0.2, 0) is 23.7 Å². The summed E-state index contributed by atoms with van der Waals surface area (Å²) in [7, 11) is 3.35. The van der Waals surface area contributed by atoms with Gasteiger partial charge in [-0.15, -0.1) is 0 Å². The summed E-state index contributed by atoms with van der Waals surface area (Å²) in [5.41, 5.74) is 1.21. The molecule has 1 aliphatic heterocycles. The third-order valence-corrected chi connectivity index (χ3v) is 5.07. The lowest BCUT2D eigenvalue weighted by Crippen LogP contribution is -2.31. The van der Waals surface area contributed by atoms with Crippen LogP contribution >= 0.6 is 0 Å². The second-order valence-corrected chi connectivity index (χ2v) is 7.24. The van der Waals surface area contributed by atoms with E-state index in [4.69, 9.17) is 18.9 Å². The lowest BCUT2D eigenvalue weighted by atomic mass is 9.95. The van der Waals surface area contributed by atoms with Crippen LogP contribution in [0.5, 0.6) is 0 Å². The number of nitrogens with one attached hydrogen (secondary N) is 1. The Balaban J connectivity index is 1.64. The van der Waals surface area contributed by atoms with E-state index < -0.39 is 0 Å². The minimum Gasteiger partial charge on any atom is -0.382 e. The molecule has 1 N–H and O–H groups in total. The normalized spacial score (nSPS) is 18.1. The van der Waals surface area contributed by atoms with Crippen molar-refractivity contribution < 1.29 is 23.7 Å². The van der Waals surface area contributed by atoms with Gasteiger partial charge in [-0.05, 0) is 12.0 Å². The average molecular weight is 409 g/mol. The molecule has 0 saturated carbocycles. The standard InChI is InChI=1S/C22H36N2O5/c1-23-22(25)16-20(19-6-4-3-5-7-19)17-24-9-8-21(18-24)29-15-14-28-13-12-27-11-10-26-2/h3-7,20-21H,8-18H2,1-2H3,(H,23,25)/t20-,21+/m1/s1. The Bertz CT molecular complexity index is 557. The van der Waals surface area contributed by atoms with E-state index in [1.807, 2.05) is 18.2 Å². The van der Waals surface area contributed by atoms with Crippen molar-refractivity contribution in [2.75, 3.05) is 73.4 Å². The van der Waals surface area contributed by atoms with Crippen LogP contribution in [0.15, 0.2) is 30.3 Å². The first kappa shape index (κ1) is 23.8. The summed E-state index contributed by atoms with van der Waals surface area (Å²) in [6.07, 6.45) is 1.75. The average Bonchev–Trinajstić information content (AvgIpc) is 3.20. The number of likely N-dealkylation sites (tertiary alicyclic amines) is 1. The second-order valence-electron chi connectivity index (χ2n) is 7.24. The summed E-state index contributed by atoms with van der Waals surface area (Å²) in [6, 6.07) is 10.3. The Morgan fingerprint density at radius 1 is 1.10 bits per heavy atom. The molecule has 29 heavy (non-hydrogen) atoms. The largest absolute Gasteiger partial charge is 0.382 e. The molecule has 7 nitrogen and oxygen atoms in total. The molecule has 7 heteroatoms. The molecule has 164 valence electrons. The molecule has 0 aliphatic carbocycles. The first-order valence-corrected chi connectivity index (χ1v) is 10.5. The number of carbonyl (C=O) groups is 1. The number of nitrogens with zero attached hydrogens (tertiary/aromatic N) is 1. The fraction of sp³-hybridized carbons (Fsp3) is 0.682. The van der Waals surface area contributed by atoms with E-state index >= 15 is 0 Å². The summed E-state index contributed by atoms with van der Waals surface area (Å²) in [6.45, 7) is 6.28. The fourth-order valence-corrected chi connectivity index (χ4v) is 3.49. The van der Waals surface area contributed by atoms with Crippen molar-refractivity contribution in [1.82, 2.24) is 10.2 Å². The summed E-state index contributed by atoms with van der Waals surface area (Å²) >= 11 is 0. The van der Waals surface area contributed by atoms with E-state index in [2.05, 4.69) is 22.3 Å². The zero-order valence-electron chi connectivity index (χ0n) is 17.8. The van der Waals surface area contributed by atoms with Crippen LogP contribution in [0, 0.1) is 0 Å². The van der Waals surface area contributed by atoms with Crippen molar-refractivity contribution in [2.45, 2.75) is 24.9 Å². The predicted octanol–water partition coefficient (Wildman–Crippen LogP) is 1.68. The van der Waals surface area contributed by atoms with Gasteiger partial charge in [-0.25, -0.2) is 0 Å². The zero-order valence-corrected chi connectivity index (χ0v) is 17.8. The molecule has 1 aromatic carbocycles. The van der Waals surface area contributed by atoms with Crippen LogP contribution in [0.4, 0.5) is 0 Å². The molecule has 1 aliphatic rings. The van der Waals surface area contributed by atoms with Gasteiger partial charge in [0.2, 0.25) is 5.91 Å². The molecule has 0 bridgehead atoms. The summed E-state index contributed by atoms with van der Waals surface area (Å²) in [4.78, 5) is 14.4. The molecule has 1 aromatic rings. The quantitative estimate of drug-likeness (QED) is 0.445. The number of hydrogen-bond acceptors (Lipinski definition) is 6. The number of rotatable bonds is 15. The third-order valence-electron chi connectivity index (χ3n) is 5.07. The van der Waals surface area contributed by atoms with Gasteiger partial charge in [-0.1, -0.05) is 30.3 Å². The second kappa shape index (κ2) is 14.5. The van der Waals surface area contributed by atoms with Crippen LogP contribution in [-0.4, -0.2) is 90.3 Å². The molecule has 1 fully saturated rings. The van der Waals surface area contributed by atoms with Crippen LogP contribution in [0.25, 0.3) is 0 Å². The van der Waals surface area contributed by atoms with Gasteiger partial charge in [-0.3, -0.25) is 4.79 Å². The van der Waals surface area contributed by atoms with Gasteiger partial charge >= 0.3 is 0 Å². The zero-order chi connectivity index (χ0) is 20.7. The maximum Gasteiger partial charge on any atom is 0.220 e. The van der Waals surface area contributed by atoms with Gasteiger partial charge < -0.3 is 29.2 Å². The number of hydrogen-bond donors (Lipinski definition) is 1. The number of carbonyl (C=O) groups excluding carboxylic acids is 1. The van der Waals surface area contributed by atoms with Gasteiger partial charge in [0, 0.05) is 46.1 Å². The van der Waals surface area contributed by atoms with Crippen molar-refractivity contribution >= 4 is 5.91 Å². The number of ether oxygens (including phenoxy) is 4. The minimum atomic E-state index is 0.0780. The molecular weight excluding hydrogens is 372 g/mol. The Hall–Kier alpha value is -1.51. The molecular formula is C22H36N2O5. The first-order valence-electron chi connectivity index (χ1n) is 10.5. The van der Waals surface area contributed by atoms with E-state index in [0.717, 1.165) is 26.1 Å². The number of methoxy groups -OCH3 is 1. The van der Waals surface area contributed by atoms with Crippen LogP contribution < -0.4 is 5.32 Å². The number of amides is 1. The van der Waals surface area contributed by atoms with Gasteiger partial charge in [0.1, 0.15) is 0 Å². The van der Waals surface area contributed by atoms with Gasteiger partial charge in [0.25, 0.3) is 0 Å². The molecule has 1 saturated heterocycles. The van der Waals surface area contributed by atoms with Crippen molar-refractivity contribution in [3.8, 4) is 0 Å². The molecule has 2 rings (SSSR count). The van der Waals surface area contributed by atoms with Crippen LogP contribution in [0.1, 0.15) is 24.3 Å². The Morgan fingerprint density at radius 3 is 2.48 bits per heavy atom. The highest BCUT2D eigenvalue weighted by Crippen LogP contribution is 2.23. The molecule has 2 atom stereocenters. The Morgan fingerprint density at radius 2 is 1.79 bits per heavy atom. The molecule has 0 radical (unpaired) electrons. The lowest BCUT2D eigenvalue weighted by Gasteiger charge is -2.24. The first-order chi connectivity index (χ1) is 14.2. The predicted molar refractivity (Wildman–Crippen MR) is 112 cm³/mol. The fourth-order valence-electron chi connectivity index (χ4n) is 3.49. The van der Waals surface area contributed by atoms with E-state index in [0.29, 0.717) is 46.1 Å². The maximum atomic E-state index is 12.0. The van der Waals surface area contributed by atoms with Crippen molar-refractivity contribution in [2.24, 2.45) is 0 Å². The lowest BCUT2D eigenvalue weighted by molar-refractivity contribution is -0.121. The summed E-state index contributed by atoms with van der Waals surface area (Å²) in [5.74, 6) is 0.269. The van der Waals surface area contributed by atoms with E-state index in [-0.39, 0.29) is 17.9 Å². The van der Waals surface area contributed by atoms with Crippen LogP contribution in [0.3, 0.4) is 0 Å². The summed E-state index contributed by atoms with van der Waals surface area (Å²) < 4.78 is 21.8. The molecule has 0 aromatic heterocycles. The van der Waals surface area contributed by atoms with E-state index in [9.17, 15) is 4.79 Å². The summed E-state index contributed by atoms with van der Waals surface area (Å²) in [5, 5.41) is 2.75. The monoisotopic (exact) mass is 408 g/mol. The molecule has 1 amide bonds. The SMILES string of the molecule is CNC(=O)C[C@H](CN1CC[C@H](OCCOCCOCCOC)C1)c1ccccc1. The molecule has 0 spiro atoms. The van der Waals surface area contributed by atoms with Crippen LogP contribution in [0.2, 0.25) is 0 Å². The Kier molecular flexibility index (Phi) is 11.9. The van der Waals surface area contributed by atoms with Gasteiger partial charge in [0.15, 0.2) is 0 Å². The highest BCUT2D eigenvalue weighted by atomic mass is 16.6. The van der Waals surface area contributed by atoms with Gasteiger partial charge in [0.05, 0.1) is 45.7 Å². The van der Waals surface area contributed by atoms with Crippen molar-refractivity contribution in [3.05, 3.63) is 35.9 Å². The Labute approximate surface area is 174 Å². The van der Waals surface area contributed by atoms with Gasteiger partial charge in [-0.2, -0.15) is 0 Å². The van der Waals surface area contributed by atoms with E-state index in [1.165, 1.54) is 5.56 Å². The smallest absolute Gasteiger partial charge is 0.220 e. The maximum absolute atomic E-state index is 12.0. The third kappa shape index (κ3) is 9.69. The van der Waals surface area contributed by atoms with E-state index in [1.54, 1.807) is 14.2 Å². The minimum absolute atomic E-state index is 0.0780. The molecule has 0 unspecified atom stereocenters. The highest BCUT2D eigenvalue weighted by molar-refractivity contribution is 5.76.